The first-order valence-electron chi connectivity index (χ1n) is 4.65. The van der Waals surface area contributed by atoms with E-state index in [0.29, 0.717) is 0 Å². The quantitative estimate of drug-likeness (QED) is 0.806. The Balaban J connectivity index is 2.86. The summed E-state index contributed by atoms with van der Waals surface area (Å²) >= 11 is 0. The maximum atomic E-state index is 11.6. The summed E-state index contributed by atoms with van der Waals surface area (Å²) in [5.41, 5.74) is 0. The summed E-state index contributed by atoms with van der Waals surface area (Å²) in [5, 5.41) is 8.19. The predicted molar refractivity (Wildman–Crippen MR) is 55.7 cm³/mol. The fourth-order valence-electron chi connectivity index (χ4n) is 0.927. The lowest BCUT2D eigenvalue weighted by molar-refractivity contribution is 0.0656. The fourth-order valence-corrected chi connectivity index (χ4v) is 2.07. The summed E-state index contributed by atoms with van der Waals surface area (Å²) in [5.74, 6) is -1.54. The minimum atomic E-state index is -3.75. The number of hydrogen-bond donors (Lipinski definition) is 2. The van der Waals surface area contributed by atoms with Gasteiger partial charge in [0.25, 0.3) is 10.0 Å². The van der Waals surface area contributed by atoms with Crippen LogP contribution in [0.2, 0.25) is 0 Å². The highest BCUT2D eigenvalue weighted by Crippen LogP contribution is 2.13. The lowest BCUT2D eigenvalue weighted by Gasteiger charge is -2.05. The molecule has 1 heterocycles. The van der Waals surface area contributed by atoms with Crippen LogP contribution < -0.4 is 4.72 Å². The van der Waals surface area contributed by atoms with Crippen molar-refractivity contribution in [2.24, 2.45) is 5.92 Å². The molecule has 0 aliphatic carbocycles. The van der Waals surface area contributed by atoms with Crippen LogP contribution in [0.5, 0.6) is 0 Å². The Hall–Kier alpha value is -1.34. The smallest absolute Gasteiger partial charge is 0.371 e. The molecule has 1 rings (SSSR count). The van der Waals surface area contributed by atoms with E-state index in [1.54, 1.807) is 0 Å². The Labute approximate surface area is 93.3 Å². The Morgan fingerprint density at radius 2 is 2.12 bits per heavy atom. The lowest BCUT2D eigenvalue weighted by atomic mass is 10.2. The van der Waals surface area contributed by atoms with E-state index < -0.39 is 21.8 Å². The Morgan fingerprint density at radius 3 is 2.56 bits per heavy atom. The third-order valence-electron chi connectivity index (χ3n) is 1.74. The summed E-state index contributed by atoms with van der Waals surface area (Å²) in [6, 6.07) is 2.22. The van der Waals surface area contributed by atoms with Crippen LogP contribution in [0, 0.1) is 5.92 Å². The molecule has 0 saturated heterocycles. The molecule has 0 bridgehead atoms. The van der Waals surface area contributed by atoms with Gasteiger partial charge in [-0.25, -0.2) is 17.9 Å². The van der Waals surface area contributed by atoms with Crippen molar-refractivity contribution in [2.45, 2.75) is 18.9 Å². The Kier molecular flexibility index (Phi) is 3.71. The average molecular weight is 247 g/mol. The van der Waals surface area contributed by atoms with Crippen molar-refractivity contribution in [3.05, 3.63) is 17.9 Å². The van der Waals surface area contributed by atoms with Crippen LogP contribution in [0.4, 0.5) is 0 Å². The van der Waals surface area contributed by atoms with Gasteiger partial charge in [-0.3, -0.25) is 0 Å². The molecule has 0 aromatic carbocycles. The molecule has 0 saturated carbocycles. The molecule has 0 fully saturated rings. The summed E-state index contributed by atoms with van der Waals surface area (Å²) in [6.07, 6.45) is 0. The van der Waals surface area contributed by atoms with Crippen LogP contribution in [0.25, 0.3) is 0 Å². The standard InChI is InChI=1S/C9H13NO5S/c1-6(2)5-10-16(13,14)8-4-3-7(15-8)9(11)12/h3-4,6,10H,5H2,1-2H3,(H,11,12). The SMILES string of the molecule is CC(C)CNS(=O)(=O)c1ccc(C(=O)O)o1. The monoisotopic (exact) mass is 247 g/mol. The third kappa shape index (κ3) is 3.07. The number of rotatable bonds is 5. The molecule has 0 atom stereocenters. The highest BCUT2D eigenvalue weighted by Gasteiger charge is 2.20. The van der Waals surface area contributed by atoms with E-state index in [0.717, 1.165) is 12.1 Å². The Bertz CT molecular complexity index is 474. The van der Waals surface area contributed by atoms with E-state index in [4.69, 9.17) is 9.52 Å². The number of hydrogen-bond acceptors (Lipinski definition) is 4. The first kappa shape index (κ1) is 12.7. The van der Waals surface area contributed by atoms with Crippen molar-refractivity contribution < 1.29 is 22.7 Å². The van der Waals surface area contributed by atoms with Crippen molar-refractivity contribution in [3.63, 3.8) is 0 Å². The van der Waals surface area contributed by atoms with Crippen LogP contribution in [-0.4, -0.2) is 26.0 Å². The van der Waals surface area contributed by atoms with Crippen molar-refractivity contribution >= 4 is 16.0 Å². The highest BCUT2D eigenvalue weighted by molar-refractivity contribution is 7.89. The second-order valence-corrected chi connectivity index (χ2v) is 5.37. The molecule has 0 unspecified atom stereocenters. The van der Waals surface area contributed by atoms with Crippen LogP contribution in [0.3, 0.4) is 0 Å². The van der Waals surface area contributed by atoms with Gasteiger partial charge in [0.05, 0.1) is 0 Å². The maximum absolute atomic E-state index is 11.6. The number of furan rings is 1. The van der Waals surface area contributed by atoms with Crippen LogP contribution in [0.15, 0.2) is 21.6 Å². The van der Waals surface area contributed by atoms with Gasteiger partial charge in [-0.05, 0) is 18.1 Å². The van der Waals surface area contributed by atoms with Crippen molar-refractivity contribution in [1.82, 2.24) is 4.72 Å². The topological polar surface area (TPSA) is 96.6 Å². The minimum Gasteiger partial charge on any atom is -0.475 e. The molecule has 0 amide bonds. The molecule has 0 spiro atoms. The normalized spacial score (nSPS) is 11.9. The number of sulfonamides is 1. The summed E-state index contributed by atoms with van der Waals surface area (Å²) in [6.45, 7) is 3.98. The third-order valence-corrected chi connectivity index (χ3v) is 3.03. The molecule has 0 aliphatic rings. The second-order valence-electron chi connectivity index (χ2n) is 3.67. The van der Waals surface area contributed by atoms with Gasteiger partial charge in [-0.2, -0.15) is 0 Å². The van der Waals surface area contributed by atoms with Gasteiger partial charge in [-0.15, -0.1) is 0 Å². The summed E-state index contributed by atoms with van der Waals surface area (Å²) in [7, 11) is -3.75. The number of aromatic carboxylic acids is 1. The summed E-state index contributed by atoms with van der Waals surface area (Å²) < 4.78 is 30.2. The average Bonchev–Trinajstić information content (AvgIpc) is 2.64. The van der Waals surface area contributed by atoms with Gasteiger partial charge in [0.2, 0.25) is 10.9 Å². The molecule has 6 nitrogen and oxygen atoms in total. The fraction of sp³-hybridized carbons (Fsp3) is 0.444. The van der Waals surface area contributed by atoms with Gasteiger partial charge in [0.15, 0.2) is 0 Å². The van der Waals surface area contributed by atoms with Crippen molar-refractivity contribution in [2.75, 3.05) is 6.54 Å². The van der Waals surface area contributed by atoms with E-state index in [2.05, 4.69) is 4.72 Å². The van der Waals surface area contributed by atoms with E-state index in [9.17, 15) is 13.2 Å². The van der Waals surface area contributed by atoms with Gasteiger partial charge < -0.3 is 9.52 Å². The molecule has 2 N–H and O–H groups in total. The van der Waals surface area contributed by atoms with Crippen LogP contribution in [-0.2, 0) is 10.0 Å². The van der Waals surface area contributed by atoms with Gasteiger partial charge in [0, 0.05) is 6.54 Å². The Morgan fingerprint density at radius 1 is 1.50 bits per heavy atom. The first-order chi connectivity index (χ1) is 7.33. The lowest BCUT2D eigenvalue weighted by Crippen LogP contribution is -2.27. The van der Waals surface area contributed by atoms with Gasteiger partial charge in [-0.1, -0.05) is 13.8 Å². The molecule has 1 aromatic heterocycles. The van der Waals surface area contributed by atoms with Crippen molar-refractivity contribution in [3.8, 4) is 0 Å². The second kappa shape index (κ2) is 4.67. The first-order valence-corrected chi connectivity index (χ1v) is 6.14. The van der Waals surface area contributed by atoms with Gasteiger partial charge in [0.1, 0.15) is 0 Å². The molecular weight excluding hydrogens is 234 g/mol. The predicted octanol–water partition coefficient (Wildman–Crippen LogP) is 0.912. The van der Waals surface area contributed by atoms with E-state index in [1.807, 2.05) is 13.8 Å². The molecule has 16 heavy (non-hydrogen) atoms. The van der Waals surface area contributed by atoms with Crippen molar-refractivity contribution in [1.29, 1.82) is 0 Å². The molecular formula is C9H13NO5S. The number of nitrogens with one attached hydrogen (secondary N) is 1. The minimum absolute atomic E-state index is 0.156. The maximum Gasteiger partial charge on any atom is 0.371 e. The molecule has 0 radical (unpaired) electrons. The number of carbonyl (C=O) groups is 1. The molecule has 90 valence electrons. The highest BCUT2D eigenvalue weighted by atomic mass is 32.2. The molecule has 7 heteroatoms. The zero-order valence-corrected chi connectivity index (χ0v) is 9.74. The zero-order valence-electron chi connectivity index (χ0n) is 8.93. The van der Waals surface area contributed by atoms with Crippen LogP contribution >= 0.6 is 0 Å². The van der Waals surface area contributed by atoms with E-state index in [1.165, 1.54) is 0 Å². The van der Waals surface area contributed by atoms with E-state index in [-0.39, 0.29) is 17.6 Å². The molecule has 0 aliphatic heterocycles. The van der Waals surface area contributed by atoms with Gasteiger partial charge >= 0.3 is 5.97 Å². The molecule has 1 aromatic rings. The zero-order chi connectivity index (χ0) is 12.3. The largest absolute Gasteiger partial charge is 0.475 e. The van der Waals surface area contributed by atoms with E-state index >= 15 is 0 Å². The van der Waals surface area contributed by atoms with Crippen LogP contribution in [0.1, 0.15) is 24.4 Å². The number of carboxylic acids is 1. The summed E-state index contributed by atoms with van der Waals surface area (Å²) in [4.78, 5) is 10.5. The number of carboxylic acid groups (broad SMARTS) is 1.